The topological polar surface area (TPSA) is 84.7 Å². The first-order valence-electron chi connectivity index (χ1n) is 7.59. The molecule has 0 aliphatic rings. The van der Waals surface area contributed by atoms with Gasteiger partial charge in [0, 0.05) is 30.5 Å². The van der Waals surface area contributed by atoms with Gasteiger partial charge in [-0.3, -0.25) is 4.98 Å². The Morgan fingerprint density at radius 2 is 2.21 bits per heavy atom. The van der Waals surface area contributed by atoms with Gasteiger partial charge in [0.1, 0.15) is 5.82 Å². The molecule has 0 radical (unpaired) electrons. The van der Waals surface area contributed by atoms with Crippen LogP contribution in [0.4, 0.5) is 4.39 Å². The maximum absolute atomic E-state index is 13.5. The van der Waals surface area contributed by atoms with Crippen LogP contribution < -0.4 is 10.6 Å². The normalized spacial score (nSPS) is 13.9. The quantitative estimate of drug-likeness (QED) is 0.278. The summed E-state index contributed by atoms with van der Waals surface area (Å²) in [5, 5.41) is 21.3. The smallest absolute Gasteiger partial charge is 0.142 e. The van der Waals surface area contributed by atoms with E-state index in [-0.39, 0.29) is 10.9 Å². The van der Waals surface area contributed by atoms with E-state index in [9.17, 15) is 4.39 Å². The second kappa shape index (κ2) is 10.1. The van der Waals surface area contributed by atoms with Gasteiger partial charge in [0.05, 0.1) is 22.5 Å². The number of hydrogen-bond donors (Lipinski definition) is 4. The monoisotopic (exact) mass is 395 g/mol. The highest BCUT2D eigenvalue weighted by Gasteiger charge is 2.17. The molecule has 2 unspecified atom stereocenters. The van der Waals surface area contributed by atoms with Crippen molar-refractivity contribution >= 4 is 39.6 Å². The van der Waals surface area contributed by atoms with Gasteiger partial charge in [0.2, 0.25) is 0 Å². The maximum atomic E-state index is 13.5. The number of halogens is 2. The Morgan fingerprint density at radius 3 is 2.75 bits per heavy atom. The van der Waals surface area contributed by atoms with Crippen molar-refractivity contribution in [1.82, 2.24) is 15.6 Å². The first-order valence-corrected chi connectivity index (χ1v) is 8.50. The lowest BCUT2D eigenvalue weighted by atomic mass is 10.0. The number of pyridine rings is 1. The largest absolute Gasteiger partial charge is 0.382 e. The lowest BCUT2D eigenvalue weighted by Gasteiger charge is -2.21. The van der Waals surface area contributed by atoms with Crippen molar-refractivity contribution in [2.24, 2.45) is 5.92 Å². The van der Waals surface area contributed by atoms with Gasteiger partial charge in [-0.2, -0.15) is 0 Å². The molecule has 24 heavy (non-hydrogen) atoms. The van der Waals surface area contributed by atoms with Gasteiger partial charge in [0.25, 0.3) is 0 Å². The number of allylic oxidation sites excluding steroid dienone is 2. The van der Waals surface area contributed by atoms with Crippen molar-refractivity contribution in [2.75, 3.05) is 13.1 Å². The Hall–Kier alpha value is -1.86. The Balaban J connectivity index is 3.05. The van der Waals surface area contributed by atoms with E-state index in [0.717, 1.165) is 19.0 Å². The third-order valence-electron chi connectivity index (χ3n) is 3.34. The highest BCUT2D eigenvalue weighted by atomic mass is 79.9. The summed E-state index contributed by atoms with van der Waals surface area (Å²) in [5.41, 5.74) is 2.39. The summed E-state index contributed by atoms with van der Waals surface area (Å²) < 4.78 is 13.5. The van der Waals surface area contributed by atoms with Crippen molar-refractivity contribution in [3.8, 4) is 0 Å². The van der Waals surface area contributed by atoms with E-state index in [4.69, 9.17) is 10.8 Å². The molecule has 0 fully saturated rings. The average Bonchev–Trinajstić information content (AvgIpc) is 2.54. The molecule has 0 spiro atoms. The van der Waals surface area contributed by atoms with Crippen molar-refractivity contribution in [3.05, 3.63) is 42.0 Å². The van der Waals surface area contributed by atoms with Crippen LogP contribution >= 0.6 is 15.9 Å². The van der Waals surface area contributed by atoms with Crippen LogP contribution in [0.1, 0.15) is 25.1 Å². The Kier molecular flexibility index (Phi) is 8.49. The predicted molar refractivity (Wildman–Crippen MR) is 102 cm³/mol. The average molecular weight is 396 g/mol. The lowest BCUT2D eigenvalue weighted by Crippen LogP contribution is -2.37. The molecule has 0 saturated heterocycles. The molecular weight excluding hydrogens is 373 g/mol. The molecule has 7 heteroatoms. The van der Waals surface area contributed by atoms with Crippen LogP contribution in [0.5, 0.6) is 0 Å². The second-order valence-electron chi connectivity index (χ2n) is 5.25. The van der Waals surface area contributed by atoms with Crippen molar-refractivity contribution in [2.45, 2.75) is 18.8 Å². The standard InChI is InChI=1S/C17H23BrFN5/c1-4-22-17(18)12(8-21)9-23-15(5-6-20)16-14(11(2)3)7-13(19)10-24-16/h5-8,10,12,17,20-23H,2,4,9H2,1,3H3/b15-5-,20-6?,21-8?. The second-order valence-corrected chi connectivity index (χ2v) is 6.23. The number of alkyl halides is 1. The van der Waals surface area contributed by atoms with E-state index in [1.807, 2.05) is 6.92 Å². The molecule has 0 aromatic carbocycles. The molecule has 0 saturated carbocycles. The van der Waals surface area contributed by atoms with Crippen LogP contribution in [-0.4, -0.2) is 35.5 Å². The predicted octanol–water partition coefficient (Wildman–Crippen LogP) is 3.43. The van der Waals surface area contributed by atoms with E-state index in [0.29, 0.717) is 29.1 Å². The molecule has 1 aromatic rings. The first kappa shape index (κ1) is 20.2. The molecule has 130 valence electrons. The van der Waals surface area contributed by atoms with E-state index < -0.39 is 5.82 Å². The van der Waals surface area contributed by atoms with Crippen LogP contribution in [-0.2, 0) is 0 Å². The number of nitrogens with zero attached hydrogens (tertiary/aromatic N) is 1. The molecule has 4 N–H and O–H groups in total. The molecule has 0 bridgehead atoms. The maximum Gasteiger partial charge on any atom is 0.142 e. The highest BCUT2D eigenvalue weighted by Crippen LogP contribution is 2.22. The summed E-state index contributed by atoms with van der Waals surface area (Å²) in [6, 6.07) is 1.38. The van der Waals surface area contributed by atoms with Crippen LogP contribution in [0.3, 0.4) is 0 Å². The van der Waals surface area contributed by atoms with Gasteiger partial charge in [-0.25, -0.2) is 4.39 Å². The summed E-state index contributed by atoms with van der Waals surface area (Å²) in [6.07, 6.45) is 5.20. The summed E-state index contributed by atoms with van der Waals surface area (Å²) in [6.45, 7) is 8.87. The van der Waals surface area contributed by atoms with Crippen LogP contribution in [0.25, 0.3) is 11.3 Å². The fourth-order valence-corrected chi connectivity index (χ4v) is 2.77. The molecule has 0 amide bonds. The molecule has 5 nitrogen and oxygen atoms in total. The lowest BCUT2D eigenvalue weighted by molar-refractivity contribution is 0.557. The molecule has 1 heterocycles. The summed E-state index contributed by atoms with van der Waals surface area (Å²) in [4.78, 5) is 4.10. The minimum absolute atomic E-state index is 0.0458. The molecule has 1 rings (SSSR count). The van der Waals surface area contributed by atoms with Crippen LogP contribution in [0, 0.1) is 22.6 Å². The summed E-state index contributed by atoms with van der Waals surface area (Å²) >= 11 is 3.51. The van der Waals surface area contributed by atoms with Crippen LogP contribution in [0.15, 0.2) is 24.9 Å². The van der Waals surface area contributed by atoms with E-state index in [2.05, 4.69) is 38.1 Å². The summed E-state index contributed by atoms with van der Waals surface area (Å²) in [7, 11) is 0. The van der Waals surface area contributed by atoms with Gasteiger partial charge >= 0.3 is 0 Å². The zero-order valence-corrected chi connectivity index (χ0v) is 15.5. The number of hydrogen-bond acceptors (Lipinski definition) is 5. The molecule has 1 aromatic heterocycles. The fraction of sp³-hybridized carbons (Fsp3) is 0.353. The molecular formula is C17H23BrFN5. The van der Waals surface area contributed by atoms with Crippen molar-refractivity contribution in [3.63, 3.8) is 0 Å². The minimum atomic E-state index is -0.434. The Labute approximate surface area is 150 Å². The molecule has 0 aliphatic carbocycles. The Bertz CT molecular complexity index is 629. The first-order chi connectivity index (χ1) is 11.4. The highest BCUT2D eigenvalue weighted by molar-refractivity contribution is 9.09. The minimum Gasteiger partial charge on any atom is -0.382 e. The molecule has 0 aliphatic heterocycles. The van der Waals surface area contributed by atoms with Gasteiger partial charge in [0.15, 0.2) is 0 Å². The van der Waals surface area contributed by atoms with E-state index in [1.165, 1.54) is 12.3 Å². The number of rotatable bonds is 10. The van der Waals surface area contributed by atoms with Gasteiger partial charge in [-0.15, -0.1) is 0 Å². The van der Waals surface area contributed by atoms with Crippen LogP contribution in [0.2, 0.25) is 0 Å². The van der Waals surface area contributed by atoms with E-state index in [1.54, 1.807) is 13.0 Å². The van der Waals surface area contributed by atoms with Crippen molar-refractivity contribution < 1.29 is 4.39 Å². The number of nitrogens with one attached hydrogen (secondary N) is 4. The summed E-state index contributed by atoms with van der Waals surface area (Å²) in [5.74, 6) is -0.538. The third kappa shape index (κ3) is 5.65. The van der Waals surface area contributed by atoms with Gasteiger partial charge in [-0.05, 0) is 31.2 Å². The number of aromatic nitrogens is 1. The van der Waals surface area contributed by atoms with E-state index >= 15 is 0 Å². The Morgan fingerprint density at radius 1 is 1.50 bits per heavy atom. The zero-order valence-electron chi connectivity index (χ0n) is 13.9. The molecule has 2 atom stereocenters. The SMILES string of the molecule is C=C(C)c1cc(F)cnc1/C(=C/C=N)NCC(C=N)C(Br)NCC. The van der Waals surface area contributed by atoms with Gasteiger partial charge < -0.3 is 21.5 Å². The third-order valence-corrected chi connectivity index (χ3v) is 4.34. The van der Waals surface area contributed by atoms with Gasteiger partial charge in [-0.1, -0.05) is 29.4 Å². The fourth-order valence-electron chi connectivity index (χ4n) is 2.11. The van der Waals surface area contributed by atoms with Crippen molar-refractivity contribution in [1.29, 1.82) is 10.8 Å². The zero-order chi connectivity index (χ0) is 18.1.